The highest BCUT2D eigenvalue weighted by atomic mass is 19.4. The molecule has 2 aromatic rings. The van der Waals surface area contributed by atoms with Gasteiger partial charge in [-0.25, -0.2) is 9.97 Å². The van der Waals surface area contributed by atoms with Crippen LogP contribution in [0, 0.1) is 13.8 Å². The van der Waals surface area contributed by atoms with Gasteiger partial charge in [0.25, 0.3) is 5.91 Å². The number of hydrogen-bond acceptors (Lipinski definition) is 6. The first-order valence-electron chi connectivity index (χ1n) is 9.76. The third-order valence-electron chi connectivity index (χ3n) is 5.40. The molecule has 7 nitrogen and oxygen atoms in total. The number of aryl methyl sites for hydroxylation is 1. The fourth-order valence-corrected chi connectivity index (χ4v) is 3.81. The van der Waals surface area contributed by atoms with Gasteiger partial charge in [-0.2, -0.15) is 13.2 Å². The molecule has 1 amide bonds. The van der Waals surface area contributed by atoms with Gasteiger partial charge in [0.15, 0.2) is 0 Å². The topological polar surface area (TPSA) is 71.5 Å². The van der Waals surface area contributed by atoms with Crippen molar-refractivity contribution in [3.63, 3.8) is 0 Å². The normalized spacial score (nSPS) is 17.1. The summed E-state index contributed by atoms with van der Waals surface area (Å²) in [5, 5.41) is 0. The number of anilines is 1. The average Bonchev–Trinajstić information content (AvgIpc) is 2.73. The molecule has 0 spiro atoms. The van der Waals surface area contributed by atoms with E-state index in [0.717, 1.165) is 12.3 Å². The van der Waals surface area contributed by atoms with Crippen molar-refractivity contribution in [2.45, 2.75) is 33.0 Å². The Hall–Kier alpha value is -2.75. The van der Waals surface area contributed by atoms with Gasteiger partial charge in [-0.1, -0.05) is 0 Å². The predicted octanol–water partition coefficient (Wildman–Crippen LogP) is 2.54. The molecule has 0 saturated carbocycles. The highest BCUT2D eigenvalue weighted by Gasteiger charge is 2.33. The molecule has 4 rings (SSSR count). The first-order valence-corrected chi connectivity index (χ1v) is 9.76. The second-order valence-corrected chi connectivity index (χ2v) is 7.47. The molecule has 1 fully saturated rings. The first-order chi connectivity index (χ1) is 14.2. The van der Waals surface area contributed by atoms with Crippen LogP contribution in [-0.4, -0.2) is 58.6 Å². The number of nitrogens with zero attached hydrogens (tertiary/aromatic N) is 5. The molecule has 0 bridgehead atoms. The van der Waals surface area contributed by atoms with Gasteiger partial charge in [-0.05, 0) is 25.5 Å². The van der Waals surface area contributed by atoms with Crippen LogP contribution in [0.1, 0.15) is 38.7 Å². The molecule has 0 atom stereocenters. The maximum atomic E-state index is 13.1. The van der Waals surface area contributed by atoms with Crippen LogP contribution < -0.4 is 4.90 Å². The minimum Gasteiger partial charge on any atom is -0.378 e. The number of alkyl halides is 3. The maximum Gasteiger partial charge on any atom is 0.417 e. The Bertz CT molecular complexity index is 974. The van der Waals surface area contributed by atoms with E-state index < -0.39 is 11.7 Å². The number of halogens is 3. The highest BCUT2D eigenvalue weighted by Crippen LogP contribution is 2.32. The second-order valence-electron chi connectivity index (χ2n) is 7.47. The number of morpholine rings is 1. The fraction of sp³-hybridized carbons (Fsp3) is 0.500. The number of carbonyl (C=O) groups excluding carboxylic acids is 1. The van der Waals surface area contributed by atoms with E-state index in [0.29, 0.717) is 73.4 Å². The van der Waals surface area contributed by atoms with Crippen LogP contribution in [0.25, 0.3) is 0 Å². The van der Waals surface area contributed by atoms with Crippen LogP contribution in [0.5, 0.6) is 0 Å². The molecular weight excluding hydrogens is 399 g/mol. The summed E-state index contributed by atoms with van der Waals surface area (Å²) in [6.45, 7) is 6.25. The molecule has 2 aromatic heterocycles. The average molecular weight is 421 g/mol. The number of aromatic nitrogens is 3. The lowest BCUT2D eigenvalue weighted by Gasteiger charge is -2.32. The van der Waals surface area contributed by atoms with Gasteiger partial charge in [0, 0.05) is 50.1 Å². The van der Waals surface area contributed by atoms with Crippen molar-refractivity contribution in [3.05, 3.63) is 46.2 Å². The van der Waals surface area contributed by atoms with Crippen LogP contribution in [0.3, 0.4) is 0 Å². The zero-order valence-corrected chi connectivity index (χ0v) is 16.8. The number of fused-ring (bicyclic) bond motifs is 1. The Morgan fingerprint density at radius 2 is 1.87 bits per heavy atom. The number of carbonyl (C=O) groups is 1. The van der Waals surface area contributed by atoms with Crippen molar-refractivity contribution in [3.8, 4) is 0 Å². The molecule has 2 aliphatic heterocycles. The Balaban J connectivity index is 1.65. The monoisotopic (exact) mass is 421 g/mol. The van der Waals surface area contributed by atoms with E-state index in [1.54, 1.807) is 18.7 Å². The summed E-state index contributed by atoms with van der Waals surface area (Å²) in [7, 11) is 0. The molecule has 0 radical (unpaired) electrons. The number of ether oxygens (including phenoxy) is 1. The smallest absolute Gasteiger partial charge is 0.378 e. The van der Waals surface area contributed by atoms with Crippen LogP contribution in [0.2, 0.25) is 0 Å². The Morgan fingerprint density at radius 1 is 1.13 bits per heavy atom. The van der Waals surface area contributed by atoms with Crippen LogP contribution >= 0.6 is 0 Å². The zero-order chi connectivity index (χ0) is 21.5. The standard InChI is InChI=1S/C20H22F3N5O2/c1-12-17(19(29)27-5-7-30-8-6-27)25-13(2)26-18(12)28-4-3-16-14(11-28)9-15(10-24-16)20(21,22)23/h9-10H,3-8,11H2,1-2H3. The number of amides is 1. The van der Waals surface area contributed by atoms with E-state index in [2.05, 4.69) is 15.0 Å². The quantitative estimate of drug-likeness (QED) is 0.742. The third-order valence-corrected chi connectivity index (χ3v) is 5.40. The van der Waals surface area contributed by atoms with Gasteiger partial charge < -0.3 is 14.5 Å². The van der Waals surface area contributed by atoms with Gasteiger partial charge in [0.1, 0.15) is 17.3 Å². The molecule has 0 aliphatic carbocycles. The van der Waals surface area contributed by atoms with Gasteiger partial charge >= 0.3 is 6.18 Å². The van der Waals surface area contributed by atoms with Gasteiger partial charge in [0.05, 0.1) is 18.8 Å². The van der Waals surface area contributed by atoms with Crippen molar-refractivity contribution >= 4 is 11.7 Å². The molecule has 160 valence electrons. The lowest BCUT2D eigenvalue weighted by atomic mass is 10.0. The fourth-order valence-electron chi connectivity index (χ4n) is 3.81. The summed E-state index contributed by atoms with van der Waals surface area (Å²) >= 11 is 0. The summed E-state index contributed by atoms with van der Waals surface area (Å²) in [6, 6.07) is 1.15. The van der Waals surface area contributed by atoms with Crippen LogP contribution in [0.4, 0.5) is 19.0 Å². The molecule has 1 saturated heterocycles. The van der Waals surface area contributed by atoms with E-state index in [1.807, 2.05) is 4.90 Å². The summed E-state index contributed by atoms with van der Waals surface area (Å²) in [5.41, 5.74) is 1.37. The van der Waals surface area contributed by atoms with Crippen LogP contribution in [0.15, 0.2) is 12.3 Å². The van der Waals surface area contributed by atoms with Crippen molar-refractivity contribution < 1.29 is 22.7 Å². The van der Waals surface area contributed by atoms with E-state index in [-0.39, 0.29) is 12.5 Å². The summed E-state index contributed by atoms with van der Waals surface area (Å²) < 4.78 is 44.6. The Morgan fingerprint density at radius 3 is 2.57 bits per heavy atom. The molecule has 30 heavy (non-hydrogen) atoms. The lowest BCUT2D eigenvalue weighted by Crippen LogP contribution is -2.41. The summed E-state index contributed by atoms with van der Waals surface area (Å²) in [4.78, 5) is 29.5. The largest absolute Gasteiger partial charge is 0.417 e. The Labute approximate surface area is 171 Å². The van der Waals surface area contributed by atoms with E-state index in [9.17, 15) is 18.0 Å². The van der Waals surface area contributed by atoms with E-state index >= 15 is 0 Å². The van der Waals surface area contributed by atoms with Crippen molar-refractivity contribution in [1.29, 1.82) is 0 Å². The molecule has 2 aliphatic rings. The maximum absolute atomic E-state index is 13.1. The summed E-state index contributed by atoms with van der Waals surface area (Å²) in [6.07, 6.45) is -3.06. The second kappa shape index (κ2) is 7.82. The SMILES string of the molecule is Cc1nc(C(=O)N2CCOCC2)c(C)c(N2CCc3ncc(C(F)(F)F)cc3C2)n1. The molecule has 4 heterocycles. The van der Waals surface area contributed by atoms with Crippen molar-refractivity contribution in [2.24, 2.45) is 0 Å². The van der Waals surface area contributed by atoms with Gasteiger partial charge in [-0.3, -0.25) is 9.78 Å². The third kappa shape index (κ3) is 3.96. The molecular formula is C20H22F3N5O2. The number of pyridine rings is 1. The number of rotatable bonds is 2. The number of hydrogen-bond donors (Lipinski definition) is 0. The van der Waals surface area contributed by atoms with Crippen LogP contribution in [-0.2, 0) is 23.9 Å². The lowest BCUT2D eigenvalue weighted by molar-refractivity contribution is -0.137. The first kappa shape index (κ1) is 20.5. The zero-order valence-electron chi connectivity index (χ0n) is 16.8. The predicted molar refractivity (Wildman–Crippen MR) is 102 cm³/mol. The van der Waals surface area contributed by atoms with Gasteiger partial charge in [0.2, 0.25) is 0 Å². The van der Waals surface area contributed by atoms with Crippen molar-refractivity contribution in [1.82, 2.24) is 19.9 Å². The molecule has 0 unspecified atom stereocenters. The van der Waals surface area contributed by atoms with E-state index in [1.165, 1.54) is 0 Å². The Kier molecular flexibility index (Phi) is 5.35. The highest BCUT2D eigenvalue weighted by molar-refractivity contribution is 5.95. The minimum atomic E-state index is -4.44. The minimum absolute atomic E-state index is 0.180. The summed E-state index contributed by atoms with van der Waals surface area (Å²) in [5.74, 6) is 0.836. The van der Waals surface area contributed by atoms with Gasteiger partial charge in [-0.15, -0.1) is 0 Å². The molecule has 10 heteroatoms. The molecule has 0 aromatic carbocycles. The molecule has 0 N–H and O–H groups in total. The van der Waals surface area contributed by atoms with Crippen molar-refractivity contribution in [2.75, 3.05) is 37.7 Å². The van der Waals surface area contributed by atoms with E-state index in [4.69, 9.17) is 4.74 Å².